The molecule has 0 radical (unpaired) electrons. The molecule has 0 aliphatic rings. The van der Waals surface area contributed by atoms with Gasteiger partial charge in [0.25, 0.3) is 0 Å². The summed E-state index contributed by atoms with van der Waals surface area (Å²) in [6.07, 6.45) is 2.80. The van der Waals surface area contributed by atoms with E-state index < -0.39 is 0 Å². The molecule has 1 aromatic carbocycles. The third-order valence-corrected chi connectivity index (χ3v) is 4.29. The number of hydrogen-bond donors (Lipinski definition) is 1. The second kappa shape index (κ2) is 6.10. The monoisotopic (exact) mass is 299 g/mol. The third kappa shape index (κ3) is 3.13. The van der Waals surface area contributed by atoms with Gasteiger partial charge in [-0.25, -0.2) is 9.97 Å². The first kappa shape index (κ1) is 13.8. The highest BCUT2D eigenvalue weighted by molar-refractivity contribution is 7.22. The Morgan fingerprint density at radius 2 is 2.10 bits per heavy atom. The molecule has 0 aliphatic carbocycles. The lowest BCUT2D eigenvalue weighted by Gasteiger charge is -2.04. The number of nitrogens with one attached hydrogen (secondary N) is 1. The maximum atomic E-state index is 5.13. The van der Waals surface area contributed by atoms with Gasteiger partial charge < -0.3 is 10.1 Å². The van der Waals surface area contributed by atoms with Crippen molar-refractivity contribution in [1.82, 2.24) is 9.97 Å². The van der Waals surface area contributed by atoms with E-state index in [-0.39, 0.29) is 0 Å². The number of methoxy groups -OCH3 is 1. The summed E-state index contributed by atoms with van der Waals surface area (Å²) in [7, 11) is 1.62. The molecule has 0 fully saturated rings. The highest BCUT2D eigenvalue weighted by Gasteiger charge is 2.05. The number of nitrogens with zero attached hydrogens (tertiary/aromatic N) is 2. The van der Waals surface area contributed by atoms with Crippen molar-refractivity contribution in [2.45, 2.75) is 19.9 Å². The van der Waals surface area contributed by atoms with E-state index in [0.717, 1.165) is 22.6 Å². The molecule has 1 N–H and O–H groups in total. The minimum Gasteiger partial charge on any atom is -0.481 e. The molecule has 108 valence electrons. The van der Waals surface area contributed by atoms with Crippen LogP contribution >= 0.6 is 11.3 Å². The second-order valence-corrected chi connectivity index (χ2v) is 5.77. The van der Waals surface area contributed by atoms with Gasteiger partial charge in [0.2, 0.25) is 5.88 Å². The quantitative estimate of drug-likeness (QED) is 0.777. The normalized spacial score (nSPS) is 10.8. The first-order valence-electron chi connectivity index (χ1n) is 6.90. The van der Waals surface area contributed by atoms with Crippen molar-refractivity contribution in [1.29, 1.82) is 0 Å². The Morgan fingerprint density at radius 1 is 1.19 bits per heavy atom. The number of fused-ring (bicyclic) bond motifs is 1. The predicted octanol–water partition coefficient (Wildman–Crippen LogP) is 3.87. The van der Waals surface area contributed by atoms with Gasteiger partial charge in [0.1, 0.15) is 0 Å². The van der Waals surface area contributed by atoms with Crippen molar-refractivity contribution < 1.29 is 4.74 Å². The Hall–Kier alpha value is -2.14. The van der Waals surface area contributed by atoms with E-state index in [1.807, 2.05) is 12.1 Å². The van der Waals surface area contributed by atoms with Gasteiger partial charge in [-0.2, -0.15) is 0 Å². The number of benzene rings is 1. The van der Waals surface area contributed by atoms with Gasteiger partial charge in [-0.3, -0.25) is 0 Å². The number of thiazole rings is 1. The molecule has 4 nitrogen and oxygen atoms in total. The third-order valence-electron chi connectivity index (χ3n) is 3.31. The molecule has 5 heteroatoms. The molecule has 2 heterocycles. The van der Waals surface area contributed by atoms with Crippen molar-refractivity contribution >= 4 is 26.7 Å². The van der Waals surface area contributed by atoms with Crippen LogP contribution in [0.25, 0.3) is 10.2 Å². The maximum Gasteiger partial charge on any atom is 0.213 e. The van der Waals surface area contributed by atoms with Crippen LogP contribution in [0.4, 0.5) is 5.13 Å². The molecule has 0 bridgehead atoms. The Balaban J connectivity index is 1.75. The number of pyridine rings is 1. The molecule has 3 rings (SSSR count). The van der Waals surface area contributed by atoms with Gasteiger partial charge in [-0.05, 0) is 35.7 Å². The van der Waals surface area contributed by atoms with E-state index in [1.165, 1.54) is 10.3 Å². The summed E-state index contributed by atoms with van der Waals surface area (Å²) < 4.78 is 6.35. The molecule has 0 amide bonds. The average Bonchev–Trinajstić information content (AvgIpc) is 2.95. The van der Waals surface area contributed by atoms with E-state index in [9.17, 15) is 0 Å². The SMILES string of the molecule is CCc1ccc2nc(NCc3ccnc(OC)c3)sc2c1. The fraction of sp³-hybridized carbons (Fsp3) is 0.250. The molecular formula is C16H17N3OS. The number of aromatic nitrogens is 2. The van der Waals surface area contributed by atoms with Crippen molar-refractivity contribution in [3.8, 4) is 5.88 Å². The fourth-order valence-electron chi connectivity index (χ4n) is 2.11. The second-order valence-electron chi connectivity index (χ2n) is 4.73. The lowest BCUT2D eigenvalue weighted by molar-refractivity contribution is 0.397. The topological polar surface area (TPSA) is 47.0 Å². The standard InChI is InChI=1S/C16H17N3OS/c1-3-11-4-5-13-14(8-11)21-16(19-13)18-10-12-6-7-17-15(9-12)20-2/h4-9H,3,10H2,1-2H3,(H,18,19). The first-order chi connectivity index (χ1) is 10.3. The molecule has 0 aliphatic heterocycles. The molecule has 2 aromatic heterocycles. The van der Waals surface area contributed by atoms with Crippen LogP contribution in [0.3, 0.4) is 0 Å². The Labute approximate surface area is 127 Å². The van der Waals surface area contributed by atoms with Crippen LogP contribution in [0.1, 0.15) is 18.1 Å². The van der Waals surface area contributed by atoms with Gasteiger partial charge in [0.05, 0.1) is 17.3 Å². The van der Waals surface area contributed by atoms with Gasteiger partial charge in [0.15, 0.2) is 5.13 Å². The van der Waals surface area contributed by atoms with Crippen LogP contribution in [-0.4, -0.2) is 17.1 Å². The van der Waals surface area contributed by atoms with E-state index in [1.54, 1.807) is 24.6 Å². The van der Waals surface area contributed by atoms with Crippen LogP contribution in [0.15, 0.2) is 36.5 Å². The summed E-state index contributed by atoms with van der Waals surface area (Å²) in [4.78, 5) is 8.71. The summed E-state index contributed by atoms with van der Waals surface area (Å²) in [5.74, 6) is 0.631. The van der Waals surface area contributed by atoms with Crippen molar-refractivity contribution in [2.24, 2.45) is 0 Å². The van der Waals surface area contributed by atoms with Crippen LogP contribution < -0.4 is 10.1 Å². The predicted molar refractivity (Wildman–Crippen MR) is 87.1 cm³/mol. The molecule has 0 spiro atoms. The van der Waals surface area contributed by atoms with Crippen molar-refractivity contribution in [3.63, 3.8) is 0 Å². The molecule has 0 saturated heterocycles. The Bertz CT molecular complexity index is 754. The van der Waals surface area contributed by atoms with E-state index in [2.05, 4.69) is 40.4 Å². The molecule has 0 atom stereocenters. The van der Waals surface area contributed by atoms with E-state index >= 15 is 0 Å². The molecule has 0 saturated carbocycles. The number of rotatable bonds is 5. The minimum atomic E-state index is 0.631. The van der Waals surface area contributed by atoms with Gasteiger partial charge in [-0.15, -0.1) is 0 Å². The van der Waals surface area contributed by atoms with Crippen LogP contribution in [0, 0.1) is 0 Å². The van der Waals surface area contributed by atoms with Crippen LogP contribution in [0.2, 0.25) is 0 Å². The number of anilines is 1. The molecule has 21 heavy (non-hydrogen) atoms. The number of aryl methyl sites for hydroxylation is 1. The zero-order chi connectivity index (χ0) is 14.7. The summed E-state index contributed by atoms with van der Waals surface area (Å²) >= 11 is 1.69. The highest BCUT2D eigenvalue weighted by atomic mass is 32.1. The van der Waals surface area contributed by atoms with Gasteiger partial charge >= 0.3 is 0 Å². The van der Waals surface area contributed by atoms with Gasteiger partial charge in [0, 0.05) is 18.8 Å². The summed E-state index contributed by atoms with van der Waals surface area (Å²) in [6.45, 7) is 2.87. The van der Waals surface area contributed by atoms with E-state index in [4.69, 9.17) is 4.74 Å². The largest absolute Gasteiger partial charge is 0.481 e. The van der Waals surface area contributed by atoms with Crippen LogP contribution in [-0.2, 0) is 13.0 Å². The summed E-state index contributed by atoms with van der Waals surface area (Å²) in [5, 5.41) is 4.30. The fourth-order valence-corrected chi connectivity index (χ4v) is 3.04. The zero-order valence-electron chi connectivity index (χ0n) is 12.1. The smallest absolute Gasteiger partial charge is 0.213 e. The lowest BCUT2D eigenvalue weighted by atomic mass is 10.2. The minimum absolute atomic E-state index is 0.631. The highest BCUT2D eigenvalue weighted by Crippen LogP contribution is 2.27. The molecule has 0 unspecified atom stereocenters. The van der Waals surface area contributed by atoms with Gasteiger partial charge in [-0.1, -0.05) is 24.3 Å². The average molecular weight is 299 g/mol. The van der Waals surface area contributed by atoms with Crippen molar-refractivity contribution in [3.05, 3.63) is 47.7 Å². The summed E-state index contributed by atoms with van der Waals surface area (Å²) in [6, 6.07) is 10.3. The first-order valence-corrected chi connectivity index (χ1v) is 7.72. The lowest BCUT2D eigenvalue weighted by Crippen LogP contribution is -1.99. The number of ether oxygens (including phenoxy) is 1. The number of hydrogen-bond acceptors (Lipinski definition) is 5. The van der Waals surface area contributed by atoms with E-state index in [0.29, 0.717) is 12.4 Å². The van der Waals surface area contributed by atoms with Crippen molar-refractivity contribution in [2.75, 3.05) is 12.4 Å². The summed E-state index contributed by atoms with van der Waals surface area (Å²) in [5.41, 5.74) is 3.51. The Kier molecular flexibility index (Phi) is 4.01. The molecular weight excluding hydrogens is 282 g/mol. The molecule has 3 aromatic rings. The Morgan fingerprint density at radius 3 is 2.90 bits per heavy atom. The zero-order valence-corrected chi connectivity index (χ0v) is 12.9. The maximum absolute atomic E-state index is 5.13. The van der Waals surface area contributed by atoms with Crippen LogP contribution in [0.5, 0.6) is 5.88 Å².